The standard InChI is InChI=1S/C25H28N4OS/c1-26-25(28-17-24(30)29-14-12-23-21(18-29)13-15-31-23)27-16-22(19-8-4-2-5-9-19)20-10-6-3-7-11-20/h2-11,13,15,22H,12,14,16-18H2,1H3,(H2,26,27,28). The van der Waals surface area contributed by atoms with Gasteiger partial charge in [0.2, 0.25) is 5.91 Å². The summed E-state index contributed by atoms with van der Waals surface area (Å²) < 4.78 is 0. The highest BCUT2D eigenvalue weighted by Gasteiger charge is 2.21. The molecule has 3 aromatic rings. The third-order valence-corrected chi connectivity index (χ3v) is 6.69. The molecule has 2 aromatic carbocycles. The first-order valence-corrected chi connectivity index (χ1v) is 11.5. The normalized spacial score (nSPS) is 13.7. The van der Waals surface area contributed by atoms with Gasteiger partial charge in [-0.1, -0.05) is 60.7 Å². The largest absolute Gasteiger partial charge is 0.355 e. The summed E-state index contributed by atoms with van der Waals surface area (Å²) in [6.45, 7) is 2.41. The lowest BCUT2D eigenvalue weighted by Crippen LogP contribution is -2.46. The summed E-state index contributed by atoms with van der Waals surface area (Å²) in [5, 5.41) is 8.71. The molecule has 1 aliphatic rings. The van der Waals surface area contributed by atoms with Crippen molar-refractivity contribution < 1.29 is 4.79 Å². The minimum absolute atomic E-state index is 0.0995. The van der Waals surface area contributed by atoms with Crippen LogP contribution in [-0.4, -0.2) is 43.4 Å². The summed E-state index contributed by atoms with van der Waals surface area (Å²) in [4.78, 5) is 20.4. The minimum Gasteiger partial charge on any atom is -0.355 e. The summed E-state index contributed by atoms with van der Waals surface area (Å²) >= 11 is 1.78. The lowest BCUT2D eigenvalue weighted by atomic mass is 9.91. The molecule has 6 heteroatoms. The number of carbonyl (C=O) groups excluding carboxylic acids is 1. The van der Waals surface area contributed by atoms with Gasteiger partial charge in [0.05, 0.1) is 6.54 Å². The van der Waals surface area contributed by atoms with E-state index in [1.165, 1.54) is 21.6 Å². The average molecular weight is 433 g/mol. The highest BCUT2D eigenvalue weighted by atomic mass is 32.1. The molecule has 0 aliphatic carbocycles. The highest BCUT2D eigenvalue weighted by molar-refractivity contribution is 7.10. The van der Waals surface area contributed by atoms with E-state index in [0.717, 1.165) is 13.0 Å². The molecule has 2 heterocycles. The molecule has 1 aromatic heterocycles. The van der Waals surface area contributed by atoms with Crippen molar-refractivity contribution in [2.75, 3.05) is 26.7 Å². The first kappa shape index (κ1) is 21.1. The third kappa shape index (κ3) is 5.33. The topological polar surface area (TPSA) is 56.7 Å². The van der Waals surface area contributed by atoms with E-state index < -0.39 is 0 Å². The Morgan fingerprint density at radius 1 is 1.03 bits per heavy atom. The fraction of sp³-hybridized carbons (Fsp3) is 0.280. The average Bonchev–Trinajstić information content (AvgIpc) is 3.30. The molecule has 0 bridgehead atoms. The van der Waals surface area contributed by atoms with Crippen molar-refractivity contribution in [2.24, 2.45) is 4.99 Å². The van der Waals surface area contributed by atoms with Gasteiger partial charge in [-0.2, -0.15) is 0 Å². The predicted octanol–water partition coefficient (Wildman–Crippen LogP) is 3.63. The van der Waals surface area contributed by atoms with Crippen LogP contribution < -0.4 is 10.6 Å². The number of nitrogens with zero attached hydrogens (tertiary/aromatic N) is 2. The van der Waals surface area contributed by atoms with Gasteiger partial charge in [-0.15, -0.1) is 11.3 Å². The molecule has 2 N–H and O–H groups in total. The van der Waals surface area contributed by atoms with Gasteiger partial charge in [0, 0.05) is 37.5 Å². The highest BCUT2D eigenvalue weighted by Crippen LogP contribution is 2.24. The maximum absolute atomic E-state index is 12.7. The van der Waals surface area contributed by atoms with Crippen LogP contribution in [0.2, 0.25) is 0 Å². The number of fused-ring (bicyclic) bond motifs is 1. The van der Waals surface area contributed by atoms with Gasteiger partial charge >= 0.3 is 0 Å². The molecule has 0 spiro atoms. The Morgan fingerprint density at radius 3 is 2.35 bits per heavy atom. The molecule has 160 valence electrons. The van der Waals surface area contributed by atoms with Gasteiger partial charge in [-0.25, -0.2) is 0 Å². The maximum Gasteiger partial charge on any atom is 0.242 e. The van der Waals surface area contributed by atoms with Crippen LogP contribution in [0.15, 0.2) is 77.1 Å². The second-order valence-corrected chi connectivity index (χ2v) is 8.62. The summed E-state index contributed by atoms with van der Waals surface area (Å²) in [6.07, 6.45) is 0.946. The molecule has 0 saturated carbocycles. The van der Waals surface area contributed by atoms with E-state index >= 15 is 0 Å². The number of aliphatic imine (C=N–C) groups is 1. The van der Waals surface area contributed by atoms with Crippen LogP contribution in [0.4, 0.5) is 0 Å². The SMILES string of the molecule is CN=C(NCC(=O)N1CCc2sccc2C1)NCC(c1ccccc1)c1ccccc1. The Morgan fingerprint density at radius 2 is 1.71 bits per heavy atom. The fourth-order valence-electron chi connectivity index (χ4n) is 3.95. The second kappa shape index (κ2) is 10.3. The zero-order valence-corrected chi connectivity index (χ0v) is 18.6. The van der Waals surface area contributed by atoms with Gasteiger partial charge in [0.25, 0.3) is 0 Å². The minimum atomic E-state index is 0.0995. The Kier molecular flexibility index (Phi) is 6.99. The first-order chi connectivity index (χ1) is 15.2. The summed E-state index contributed by atoms with van der Waals surface area (Å²) in [5.74, 6) is 0.927. The molecule has 1 amide bonds. The number of carbonyl (C=O) groups is 1. The van der Waals surface area contributed by atoms with Crippen molar-refractivity contribution in [2.45, 2.75) is 18.9 Å². The van der Waals surface area contributed by atoms with Gasteiger partial charge < -0.3 is 15.5 Å². The summed E-state index contributed by atoms with van der Waals surface area (Å²) in [6, 6.07) is 23.0. The number of rotatable bonds is 6. The Labute approximate surface area is 187 Å². The van der Waals surface area contributed by atoms with Gasteiger partial charge in [-0.3, -0.25) is 9.79 Å². The van der Waals surface area contributed by atoms with Gasteiger partial charge in [0.15, 0.2) is 5.96 Å². The number of amides is 1. The quantitative estimate of drug-likeness (QED) is 0.462. The number of nitrogens with one attached hydrogen (secondary N) is 2. The van der Waals surface area contributed by atoms with E-state index in [1.54, 1.807) is 18.4 Å². The number of hydrogen-bond acceptors (Lipinski definition) is 3. The molecule has 0 saturated heterocycles. The zero-order valence-electron chi connectivity index (χ0n) is 17.8. The van der Waals surface area contributed by atoms with Crippen LogP contribution in [0.25, 0.3) is 0 Å². The van der Waals surface area contributed by atoms with E-state index in [9.17, 15) is 4.79 Å². The van der Waals surface area contributed by atoms with Crippen molar-refractivity contribution in [1.29, 1.82) is 0 Å². The van der Waals surface area contributed by atoms with Crippen molar-refractivity contribution in [3.63, 3.8) is 0 Å². The smallest absolute Gasteiger partial charge is 0.242 e. The fourth-order valence-corrected chi connectivity index (χ4v) is 4.84. The zero-order chi connectivity index (χ0) is 21.5. The molecular weight excluding hydrogens is 404 g/mol. The van der Waals surface area contributed by atoms with E-state index in [-0.39, 0.29) is 18.4 Å². The lowest BCUT2D eigenvalue weighted by molar-refractivity contribution is -0.130. The molecule has 31 heavy (non-hydrogen) atoms. The van der Waals surface area contributed by atoms with Crippen LogP contribution in [-0.2, 0) is 17.8 Å². The number of hydrogen-bond donors (Lipinski definition) is 2. The Bertz CT molecular complexity index is 977. The van der Waals surface area contributed by atoms with Gasteiger partial charge in [-0.05, 0) is 34.6 Å². The van der Waals surface area contributed by atoms with Crippen LogP contribution >= 0.6 is 11.3 Å². The van der Waals surface area contributed by atoms with E-state index in [2.05, 4.69) is 75.6 Å². The molecule has 1 aliphatic heterocycles. The lowest BCUT2D eigenvalue weighted by Gasteiger charge is -2.27. The van der Waals surface area contributed by atoms with E-state index in [1.807, 2.05) is 17.0 Å². The van der Waals surface area contributed by atoms with Crippen molar-refractivity contribution in [3.05, 3.63) is 93.7 Å². The van der Waals surface area contributed by atoms with Crippen molar-refractivity contribution in [1.82, 2.24) is 15.5 Å². The van der Waals surface area contributed by atoms with E-state index in [4.69, 9.17) is 0 Å². The Hall–Kier alpha value is -3.12. The number of thiophene rings is 1. The molecule has 0 unspecified atom stereocenters. The van der Waals surface area contributed by atoms with Crippen molar-refractivity contribution >= 4 is 23.2 Å². The van der Waals surface area contributed by atoms with E-state index in [0.29, 0.717) is 19.0 Å². The first-order valence-electron chi connectivity index (χ1n) is 10.6. The molecule has 4 rings (SSSR count). The van der Waals surface area contributed by atoms with Crippen LogP contribution in [0.3, 0.4) is 0 Å². The van der Waals surface area contributed by atoms with Crippen molar-refractivity contribution in [3.8, 4) is 0 Å². The molecule has 5 nitrogen and oxygen atoms in total. The molecular formula is C25H28N4OS. The predicted molar refractivity (Wildman–Crippen MR) is 128 cm³/mol. The number of benzene rings is 2. The summed E-state index contributed by atoms with van der Waals surface area (Å²) in [7, 11) is 1.73. The Balaban J connectivity index is 1.34. The molecule has 0 radical (unpaired) electrons. The second-order valence-electron chi connectivity index (χ2n) is 7.61. The maximum atomic E-state index is 12.7. The molecule has 0 atom stereocenters. The van der Waals surface area contributed by atoms with Crippen LogP contribution in [0.5, 0.6) is 0 Å². The monoisotopic (exact) mass is 432 g/mol. The van der Waals surface area contributed by atoms with Crippen LogP contribution in [0.1, 0.15) is 27.5 Å². The number of guanidine groups is 1. The van der Waals surface area contributed by atoms with Gasteiger partial charge in [0.1, 0.15) is 0 Å². The van der Waals surface area contributed by atoms with Crippen LogP contribution in [0, 0.1) is 0 Å². The summed E-state index contributed by atoms with van der Waals surface area (Å²) in [5.41, 5.74) is 3.76. The third-order valence-electron chi connectivity index (χ3n) is 5.67. The molecule has 0 fully saturated rings.